The Bertz CT molecular complexity index is 113. The van der Waals surface area contributed by atoms with Gasteiger partial charge < -0.3 is 20.0 Å². The molecule has 0 bridgehead atoms. The lowest BCUT2D eigenvalue weighted by Gasteiger charge is -2.04. The summed E-state index contributed by atoms with van der Waals surface area (Å²) in [5.74, 6) is 0.275. The van der Waals surface area contributed by atoms with Gasteiger partial charge in [0.1, 0.15) is 6.29 Å². The fourth-order valence-corrected chi connectivity index (χ4v) is 0.253. The number of aldehydes is 1. The molecule has 4 nitrogen and oxygen atoms in total. The van der Waals surface area contributed by atoms with E-state index < -0.39 is 0 Å². The van der Waals surface area contributed by atoms with Gasteiger partial charge in [-0.1, -0.05) is 13.8 Å². The molecule has 0 aromatic heterocycles. The van der Waals surface area contributed by atoms with Gasteiger partial charge in [0.2, 0.25) is 0 Å². The van der Waals surface area contributed by atoms with Crippen LogP contribution in [0.4, 0.5) is 0 Å². The fourth-order valence-electron chi connectivity index (χ4n) is 0.253. The van der Waals surface area contributed by atoms with Crippen molar-refractivity contribution < 1.29 is 14.3 Å². The first kappa shape index (κ1) is 15.0. The molecule has 0 aliphatic carbocycles. The second-order valence-electron chi connectivity index (χ2n) is 3.00. The maximum absolute atomic E-state index is 9.82. The van der Waals surface area contributed by atoms with E-state index >= 15 is 0 Å². The summed E-state index contributed by atoms with van der Waals surface area (Å²) in [6, 6.07) is -0.278. The summed E-state index contributed by atoms with van der Waals surface area (Å²) in [4.78, 5) is 9.82. The number of hydrogen-bond acceptors (Lipinski definition) is 4. The van der Waals surface area contributed by atoms with Crippen LogP contribution in [0.15, 0.2) is 0 Å². The van der Waals surface area contributed by atoms with Crippen LogP contribution in [0.1, 0.15) is 20.8 Å². The van der Waals surface area contributed by atoms with Gasteiger partial charge in [0.05, 0.1) is 6.04 Å². The molecule has 0 radical (unpaired) electrons. The number of nitrogens with two attached hydrogens (primary N) is 1. The van der Waals surface area contributed by atoms with Crippen molar-refractivity contribution in [2.75, 3.05) is 14.2 Å². The molecule has 4 heteroatoms. The molecule has 0 aromatic carbocycles. The molecule has 0 spiro atoms. The average molecular weight is 191 g/mol. The van der Waals surface area contributed by atoms with Crippen molar-refractivity contribution in [3.63, 3.8) is 0 Å². The van der Waals surface area contributed by atoms with Crippen molar-refractivity contribution in [3.8, 4) is 0 Å². The third kappa shape index (κ3) is 11.5. The number of carbonyl (C=O) groups is 1. The van der Waals surface area contributed by atoms with E-state index in [1.807, 2.05) is 20.8 Å². The van der Waals surface area contributed by atoms with Crippen molar-refractivity contribution in [2.24, 2.45) is 11.7 Å². The molecular weight excluding hydrogens is 170 g/mol. The van der Waals surface area contributed by atoms with E-state index in [9.17, 15) is 4.79 Å². The van der Waals surface area contributed by atoms with E-state index in [4.69, 9.17) is 5.73 Å². The van der Waals surface area contributed by atoms with Gasteiger partial charge in [0.25, 0.3) is 0 Å². The second kappa shape index (κ2) is 9.64. The fraction of sp³-hybridized carbons (Fsp3) is 0.889. The minimum absolute atomic E-state index is 0.0648. The highest BCUT2D eigenvalue weighted by Crippen LogP contribution is 1.92. The monoisotopic (exact) mass is 191 g/mol. The lowest BCUT2D eigenvalue weighted by atomic mass is 10.1. The lowest BCUT2D eigenvalue weighted by molar-refractivity contribution is -0.109. The first-order valence-corrected chi connectivity index (χ1v) is 4.26. The molecule has 0 saturated heterocycles. The summed E-state index contributed by atoms with van der Waals surface area (Å²) >= 11 is 0. The van der Waals surface area contributed by atoms with Crippen molar-refractivity contribution in [2.45, 2.75) is 33.1 Å². The quantitative estimate of drug-likeness (QED) is 0.527. The Balaban J connectivity index is 0. The predicted molar refractivity (Wildman–Crippen MR) is 52.4 cm³/mol. The van der Waals surface area contributed by atoms with Crippen LogP contribution in [0.25, 0.3) is 0 Å². The molecule has 0 heterocycles. The molecule has 1 unspecified atom stereocenters. The van der Waals surface area contributed by atoms with Gasteiger partial charge in [-0.2, -0.15) is 0 Å². The van der Waals surface area contributed by atoms with Crippen LogP contribution in [0.3, 0.4) is 0 Å². The Morgan fingerprint density at radius 2 is 1.54 bits per heavy atom. The van der Waals surface area contributed by atoms with Gasteiger partial charge >= 0.3 is 0 Å². The molecule has 0 aromatic rings. The highest BCUT2D eigenvalue weighted by atomic mass is 16.7. The zero-order chi connectivity index (χ0) is 10.9. The minimum atomic E-state index is -0.278. The molecule has 0 rings (SSSR count). The number of methoxy groups -OCH3 is 2. The van der Waals surface area contributed by atoms with Gasteiger partial charge in [0.15, 0.2) is 6.29 Å². The topological polar surface area (TPSA) is 61.6 Å². The van der Waals surface area contributed by atoms with Gasteiger partial charge in [-0.3, -0.25) is 0 Å². The maximum Gasteiger partial charge on any atom is 0.154 e. The third-order valence-corrected chi connectivity index (χ3v) is 1.59. The standard InChI is InChI=1S/C5H11NO.C4H10O2/c1-4(2)5(6)3-7;1-4(5-2)6-3/h3-5H,6H2,1-2H3;4H,1-3H3. The van der Waals surface area contributed by atoms with E-state index in [0.717, 1.165) is 6.29 Å². The van der Waals surface area contributed by atoms with Gasteiger partial charge in [0, 0.05) is 14.2 Å². The van der Waals surface area contributed by atoms with Crippen LogP contribution in [0, 0.1) is 5.92 Å². The molecule has 80 valence electrons. The predicted octanol–water partition coefficient (Wildman–Crippen LogP) is 0.794. The molecule has 0 saturated carbocycles. The highest BCUT2D eigenvalue weighted by Gasteiger charge is 2.02. The SMILES string of the molecule is CC(C)C(N)C=O.COC(C)OC. The summed E-state index contributed by atoms with van der Waals surface area (Å²) in [5.41, 5.74) is 5.25. The minimum Gasteiger partial charge on any atom is -0.356 e. The van der Waals surface area contributed by atoms with Crippen molar-refractivity contribution in [1.29, 1.82) is 0 Å². The number of ether oxygens (including phenoxy) is 2. The Morgan fingerprint density at radius 3 is 1.54 bits per heavy atom. The van der Waals surface area contributed by atoms with E-state index in [2.05, 4.69) is 9.47 Å². The van der Waals surface area contributed by atoms with Crippen LogP contribution in [0.2, 0.25) is 0 Å². The molecular formula is C9H21NO3. The van der Waals surface area contributed by atoms with Gasteiger partial charge in [-0.15, -0.1) is 0 Å². The van der Waals surface area contributed by atoms with Crippen LogP contribution < -0.4 is 5.73 Å². The summed E-state index contributed by atoms with van der Waals surface area (Å²) < 4.78 is 9.35. The number of carbonyl (C=O) groups excluding carboxylic acids is 1. The Hall–Kier alpha value is -0.450. The molecule has 0 amide bonds. The van der Waals surface area contributed by atoms with E-state index in [1.54, 1.807) is 14.2 Å². The Labute approximate surface area is 80.4 Å². The largest absolute Gasteiger partial charge is 0.356 e. The molecule has 0 fully saturated rings. The zero-order valence-corrected chi connectivity index (χ0v) is 9.11. The summed E-state index contributed by atoms with van der Waals surface area (Å²) in [6.45, 7) is 5.66. The smallest absolute Gasteiger partial charge is 0.154 e. The van der Waals surface area contributed by atoms with Crippen molar-refractivity contribution >= 4 is 6.29 Å². The first-order valence-electron chi connectivity index (χ1n) is 4.26. The summed E-state index contributed by atoms with van der Waals surface area (Å²) in [5, 5.41) is 0. The van der Waals surface area contributed by atoms with Crippen molar-refractivity contribution in [1.82, 2.24) is 0 Å². The summed E-state index contributed by atoms with van der Waals surface area (Å²) in [6.07, 6.45) is 0.704. The highest BCUT2D eigenvalue weighted by molar-refractivity contribution is 5.57. The van der Waals surface area contributed by atoms with Crippen LogP contribution in [-0.4, -0.2) is 32.8 Å². The lowest BCUT2D eigenvalue weighted by Crippen LogP contribution is -2.27. The maximum atomic E-state index is 9.82. The zero-order valence-electron chi connectivity index (χ0n) is 9.11. The van der Waals surface area contributed by atoms with E-state index in [-0.39, 0.29) is 18.2 Å². The van der Waals surface area contributed by atoms with E-state index in [0.29, 0.717) is 0 Å². The molecule has 0 aliphatic heterocycles. The normalized spacial score (nSPS) is 12.3. The molecule has 0 aliphatic rings. The van der Waals surface area contributed by atoms with E-state index in [1.165, 1.54) is 0 Å². The molecule has 1 atom stereocenters. The van der Waals surface area contributed by atoms with Crippen molar-refractivity contribution in [3.05, 3.63) is 0 Å². The Kier molecular flexibility index (Phi) is 11.2. The third-order valence-electron chi connectivity index (χ3n) is 1.59. The number of rotatable bonds is 4. The summed E-state index contributed by atoms with van der Waals surface area (Å²) in [7, 11) is 3.21. The van der Waals surface area contributed by atoms with Crippen LogP contribution in [0.5, 0.6) is 0 Å². The molecule has 2 N–H and O–H groups in total. The van der Waals surface area contributed by atoms with Gasteiger partial charge in [-0.05, 0) is 12.8 Å². The van der Waals surface area contributed by atoms with Gasteiger partial charge in [-0.25, -0.2) is 0 Å². The van der Waals surface area contributed by atoms with Crippen LogP contribution >= 0.6 is 0 Å². The van der Waals surface area contributed by atoms with Crippen LogP contribution in [-0.2, 0) is 14.3 Å². The first-order chi connectivity index (χ1) is 5.99. The average Bonchev–Trinajstić information content (AvgIpc) is 2.16. The number of hydrogen-bond donors (Lipinski definition) is 1. The molecule has 13 heavy (non-hydrogen) atoms. The Morgan fingerprint density at radius 1 is 1.15 bits per heavy atom. The second-order valence-corrected chi connectivity index (χ2v) is 3.00.